The molecule has 1 aromatic rings. The Balaban J connectivity index is 2.24. The molecule has 1 saturated heterocycles. The lowest BCUT2D eigenvalue weighted by Gasteiger charge is -2.29. The molecule has 0 atom stereocenters. The second-order valence-electron chi connectivity index (χ2n) is 3.40. The van der Waals surface area contributed by atoms with E-state index >= 15 is 0 Å². The molecule has 1 aliphatic rings. The van der Waals surface area contributed by atoms with Crippen molar-refractivity contribution < 1.29 is 9.84 Å². The number of hydrogen-bond donors (Lipinski definition) is 2. The van der Waals surface area contributed by atoms with Crippen LogP contribution in [0.3, 0.4) is 0 Å². The summed E-state index contributed by atoms with van der Waals surface area (Å²) in [6, 6.07) is 1.94. The van der Waals surface area contributed by atoms with E-state index < -0.39 is 5.60 Å². The van der Waals surface area contributed by atoms with Gasteiger partial charge in [-0.2, -0.15) is 5.26 Å². The molecule has 14 heavy (non-hydrogen) atoms. The number of nitriles is 1. The maximum absolute atomic E-state index is 10.2. The Bertz CT molecular complexity index is 360. The fourth-order valence-corrected chi connectivity index (χ4v) is 1.56. The number of aromatic nitrogens is 2. The first-order valence-electron chi connectivity index (χ1n) is 4.50. The number of imidazole rings is 1. The fourth-order valence-electron chi connectivity index (χ4n) is 1.56. The smallest absolute Gasteiger partial charge is 0.139 e. The van der Waals surface area contributed by atoms with Crippen molar-refractivity contribution in [2.24, 2.45) is 0 Å². The number of H-pyrrole nitrogens is 1. The summed E-state index contributed by atoms with van der Waals surface area (Å²) in [5.74, 6) is 0.470. The van der Waals surface area contributed by atoms with Crippen LogP contribution in [0.25, 0.3) is 0 Å². The Kier molecular flexibility index (Phi) is 2.23. The highest BCUT2D eigenvalue weighted by molar-refractivity contribution is 5.20. The van der Waals surface area contributed by atoms with E-state index in [0.29, 0.717) is 37.6 Å². The number of hydrogen-bond acceptors (Lipinski definition) is 4. The van der Waals surface area contributed by atoms with Crippen LogP contribution in [0.1, 0.15) is 24.4 Å². The highest BCUT2D eigenvalue weighted by Gasteiger charge is 2.34. The van der Waals surface area contributed by atoms with E-state index in [1.807, 2.05) is 6.07 Å². The molecular weight excluding hydrogens is 182 g/mol. The molecule has 0 aromatic carbocycles. The van der Waals surface area contributed by atoms with Gasteiger partial charge in [-0.1, -0.05) is 0 Å². The Hall–Kier alpha value is -1.38. The molecule has 5 heteroatoms. The number of aromatic amines is 1. The van der Waals surface area contributed by atoms with E-state index in [4.69, 9.17) is 10.00 Å². The lowest BCUT2D eigenvalue weighted by atomic mass is 9.94. The third-order valence-corrected chi connectivity index (χ3v) is 2.46. The molecule has 0 unspecified atom stereocenters. The highest BCUT2D eigenvalue weighted by Crippen LogP contribution is 2.29. The van der Waals surface area contributed by atoms with Gasteiger partial charge in [0.15, 0.2) is 0 Å². The van der Waals surface area contributed by atoms with Crippen molar-refractivity contribution in [3.05, 3.63) is 17.7 Å². The molecule has 2 rings (SSSR count). The van der Waals surface area contributed by atoms with Crippen molar-refractivity contribution in [1.82, 2.24) is 9.97 Å². The number of rotatable bonds is 1. The van der Waals surface area contributed by atoms with Gasteiger partial charge in [0.25, 0.3) is 0 Å². The van der Waals surface area contributed by atoms with Gasteiger partial charge in [0.2, 0.25) is 0 Å². The molecule has 1 aliphatic heterocycles. The Morgan fingerprint density at radius 1 is 1.57 bits per heavy atom. The zero-order valence-corrected chi connectivity index (χ0v) is 7.66. The summed E-state index contributed by atoms with van der Waals surface area (Å²) in [5.41, 5.74) is -0.576. The van der Waals surface area contributed by atoms with Gasteiger partial charge in [-0.25, -0.2) is 4.98 Å². The summed E-state index contributed by atoms with van der Waals surface area (Å²) >= 11 is 0. The molecule has 1 fully saturated rings. The molecule has 0 amide bonds. The number of nitrogens with one attached hydrogen (secondary N) is 1. The standard InChI is InChI=1S/C9H11N3O2/c10-5-7-6-11-8(12-7)9(13)1-3-14-4-2-9/h6,13H,1-4H2,(H,11,12). The zero-order valence-electron chi connectivity index (χ0n) is 7.66. The predicted molar refractivity (Wildman–Crippen MR) is 47.3 cm³/mol. The van der Waals surface area contributed by atoms with Crippen LogP contribution in [0.2, 0.25) is 0 Å². The monoisotopic (exact) mass is 193 g/mol. The van der Waals surface area contributed by atoms with Crippen LogP contribution in [0.5, 0.6) is 0 Å². The average molecular weight is 193 g/mol. The molecule has 5 nitrogen and oxygen atoms in total. The van der Waals surface area contributed by atoms with Crippen LogP contribution in [0, 0.1) is 11.3 Å². The molecule has 2 N–H and O–H groups in total. The van der Waals surface area contributed by atoms with Crippen LogP contribution in [0.4, 0.5) is 0 Å². The van der Waals surface area contributed by atoms with Crippen LogP contribution in [-0.2, 0) is 10.3 Å². The second kappa shape index (κ2) is 3.40. The van der Waals surface area contributed by atoms with Crippen molar-refractivity contribution in [1.29, 1.82) is 5.26 Å². The van der Waals surface area contributed by atoms with E-state index in [0.717, 1.165) is 0 Å². The molecule has 0 spiro atoms. The second-order valence-corrected chi connectivity index (χ2v) is 3.40. The summed E-state index contributed by atoms with van der Waals surface area (Å²) in [7, 11) is 0. The SMILES string of the molecule is N#Cc1cnc(C2(O)CCOCC2)[nH]1. The molecule has 0 saturated carbocycles. The average Bonchev–Trinajstić information content (AvgIpc) is 2.67. The molecule has 1 aromatic heterocycles. The fraction of sp³-hybridized carbons (Fsp3) is 0.556. The van der Waals surface area contributed by atoms with Crippen molar-refractivity contribution in [2.45, 2.75) is 18.4 Å². The first kappa shape index (κ1) is 9.19. The summed E-state index contributed by atoms with van der Waals surface area (Å²) in [5, 5.41) is 18.8. The van der Waals surface area contributed by atoms with Gasteiger partial charge in [0.1, 0.15) is 23.2 Å². The van der Waals surface area contributed by atoms with Crippen LogP contribution in [0.15, 0.2) is 6.20 Å². The topological polar surface area (TPSA) is 81.9 Å². The number of ether oxygens (including phenoxy) is 1. The van der Waals surface area contributed by atoms with Gasteiger partial charge in [0, 0.05) is 26.1 Å². The Labute approximate surface area is 81.3 Å². The van der Waals surface area contributed by atoms with Crippen molar-refractivity contribution >= 4 is 0 Å². The van der Waals surface area contributed by atoms with Crippen molar-refractivity contribution in [2.75, 3.05) is 13.2 Å². The summed E-state index contributed by atoms with van der Waals surface area (Å²) in [6.07, 6.45) is 2.47. The minimum atomic E-state index is -0.951. The molecule has 74 valence electrons. The summed E-state index contributed by atoms with van der Waals surface area (Å²) < 4.78 is 5.15. The first-order chi connectivity index (χ1) is 6.74. The maximum Gasteiger partial charge on any atom is 0.139 e. The van der Waals surface area contributed by atoms with Gasteiger partial charge in [-0.05, 0) is 0 Å². The molecular formula is C9H11N3O2. The molecule has 0 bridgehead atoms. The third kappa shape index (κ3) is 1.50. The van der Waals surface area contributed by atoms with Gasteiger partial charge in [0.05, 0.1) is 6.20 Å². The van der Waals surface area contributed by atoms with Crippen molar-refractivity contribution in [3.63, 3.8) is 0 Å². The largest absolute Gasteiger partial charge is 0.382 e. The Morgan fingerprint density at radius 2 is 2.29 bits per heavy atom. The summed E-state index contributed by atoms with van der Waals surface area (Å²) in [6.45, 7) is 1.05. The van der Waals surface area contributed by atoms with E-state index in [-0.39, 0.29) is 0 Å². The van der Waals surface area contributed by atoms with Gasteiger partial charge >= 0.3 is 0 Å². The minimum Gasteiger partial charge on any atom is -0.382 e. The lowest BCUT2D eigenvalue weighted by molar-refractivity contribution is -0.0729. The van der Waals surface area contributed by atoms with Gasteiger partial charge in [-0.15, -0.1) is 0 Å². The minimum absolute atomic E-state index is 0.375. The van der Waals surface area contributed by atoms with Gasteiger partial charge < -0.3 is 14.8 Å². The van der Waals surface area contributed by atoms with Crippen molar-refractivity contribution in [3.8, 4) is 6.07 Å². The van der Waals surface area contributed by atoms with E-state index in [9.17, 15) is 5.11 Å². The van der Waals surface area contributed by atoms with Crippen LogP contribution < -0.4 is 0 Å². The van der Waals surface area contributed by atoms with Crippen LogP contribution >= 0.6 is 0 Å². The lowest BCUT2D eigenvalue weighted by Crippen LogP contribution is -2.34. The molecule has 0 radical (unpaired) electrons. The quantitative estimate of drug-likeness (QED) is 0.671. The predicted octanol–water partition coefficient (Wildman–Crippen LogP) is 0.279. The molecule has 2 heterocycles. The first-order valence-corrected chi connectivity index (χ1v) is 4.50. The summed E-state index contributed by atoms with van der Waals surface area (Å²) in [4.78, 5) is 6.79. The maximum atomic E-state index is 10.2. The van der Waals surface area contributed by atoms with Crippen LogP contribution in [-0.4, -0.2) is 28.3 Å². The highest BCUT2D eigenvalue weighted by atomic mass is 16.5. The normalized spacial score (nSPS) is 20.3. The number of nitrogens with zero attached hydrogens (tertiary/aromatic N) is 2. The van der Waals surface area contributed by atoms with Gasteiger partial charge in [-0.3, -0.25) is 0 Å². The third-order valence-electron chi connectivity index (χ3n) is 2.46. The Morgan fingerprint density at radius 3 is 2.86 bits per heavy atom. The van der Waals surface area contributed by atoms with E-state index in [1.165, 1.54) is 6.20 Å². The van der Waals surface area contributed by atoms with E-state index in [1.54, 1.807) is 0 Å². The zero-order chi connectivity index (χ0) is 10.0. The van der Waals surface area contributed by atoms with E-state index in [2.05, 4.69) is 9.97 Å². The molecule has 0 aliphatic carbocycles. The number of aliphatic hydroxyl groups is 1.